The van der Waals surface area contributed by atoms with Crippen LogP contribution in [0.5, 0.6) is 0 Å². The van der Waals surface area contributed by atoms with Gasteiger partial charge in [0.15, 0.2) is 0 Å². The minimum atomic E-state index is -0.378. The van der Waals surface area contributed by atoms with Gasteiger partial charge in [-0.25, -0.2) is 8.78 Å². The Kier molecular flexibility index (Phi) is 3.43. The van der Waals surface area contributed by atoms with Crippen molar-refractivity contribution < 1.29 is 8.78 Å². The third-order valence-corrected chi connectivity index (χ3v) is 3.94. The van der Waals surface area contributed by atoms with E-state index in [-0.39, 0.29) is 17.7 Å². The minimum Gasteiger partial charge on any atom is -0.364 e. The molecule has 1 saturated heterocycles. The summed E-state index contributed by atoms with van der Waals surface area (Å²) in [6, 6.07) is 11.8. The summed E-state index contributed by atoms with van der Waals surface area (Å²) in [5.74, 6) is -0.701. The van der Waals surface area contributed by atoms with Gasteiger partial charge >= 0.3 is 0 Å². The topological polar surface area (TPSA) is 3.24 Å². The molecular formula is C17H17F2N. The van der Waals surface area contributed by atoms with Crippen molar-refractivity contribution in [1.82, 2.24) is 0 Å². The molecule has 1 aliphatic rings. The summed E-state index contributed by atoms with van der Waals surface area (Å²) in [4.78, 5) is 2.16. The molecule has 1 atom stereocenters. The van der Waals surface area contributed by atoms with Gasteiger partial charge in [0.2, 0.25) is 0 Å². The van der Waals surface area contributed by atoms with Gasteiger partial charge in [-0.15, -0.1) is 0 Å². The number of benzene rings is 2. The maximum atomic E-state index is 14.0. The second kappa shape index (κ2) is 5.23. The van der Waals surface area contributed by atoms with E-state index < -0.39 is 0 Å². The lowest BCUT2D eigenvalue weighted by atomic mass is 10.0. The molecule has 1 aliphatic heterocycles. The molecule has 1 fully saturated rings. The average Bonchev–Trinajstić information content (AvgIpc) is 2.91. The summed E-state index contributed by atoms with van der Waals surface area (Å²) < 4.78 is 27.4. The van der Waals surface area contributed by atoms with Crippen molar-refractivity contribution >= 4 is 5.69 Å². The molecule has 0 saturated carbocycles. The molecule has 1 unspecified atom stereocenters. The molecule has 0 radical (unpaired) electrons. The second-order valence-electron chi connectivity index (χ2n) is 5.35. The van der Waals surface area contributed by atoms with Gasteiger partial charge < -0.3 is 4.90 Å². The number of rotatable bonds is 2. The Morgan fingerprint density at radius 2 is 1.80 bits per heavy atom. The van der Waals surface area contributed by atoms with E-state index in [0.717, 1.165) is 25.1 Å². The molecule has 1 nitrogen and oxygen atoms in total. The molecule has 0 spiro atoms. The SMILES string of the molecule is Cc1ccc(N2CCCC2c2cc(F)ccc2F)cc1. The Balaban J connectivity index is 1.96. The van der Waals surface area contributed by atoms with Crippen LogP contribution in [0.25, 0.3) is 0 Å². The molecule has 0 N–H and O–H groups in total. The van der Waals surface area contributed by atoms with Crippen molar-refractivity contribution in [3.8, 4) is 0 Å². The highest BCUT2D eigenvalue weighted by molar-refractivity contribution is 5.51. The van der Waals surface area contributed by atoms with E-state index in [1.807, 2.05) is 31.2 Å². The second-order valence-corrected chi connectivity index (χ2v) is 5.35. The molecule has 3 heteroatoms. The summed E-state index contributed by atoms with van der Waals surface area (Å²) in [5.41, 5.74) is 2.73. The largest absolute Gasteiger partial charge is 0.364 e. The van der Waals surface area contributed by atoms with E-state index >= 15 is 0 Å². The molecule has 2 aromatic rings. The first kappa shape index (κ1) is 13.1. The van der Waals surface area contributed by atoms with Crippen LogP contribution in [0.3, 0.4) is 0 Å². The van der Waals surface area contributed by atoms with Gasteiger partial charge in [0.1, 0.15) is 11.6 Å². The van der Waals surface area contributed by atoms with Crippen LogP contribution < -0.4 is 4.90 Å². The fourth-order valence-electron chi connectivity index (χ4n) is 2.91. The first-order chi connectivity index (χ1) is 9.65. The lowest BCUT2D eigenvalue weighted by Gasteiger charge is -2.27. The zero-order chi connectivity index (χ0) is 14.1. The van der Waals surface area contributed by atoms with E-state index in [0.29, 0.717) is 5.56 Å². The Hall–Kier alpha value is -1.90. The Bertz CT molecular complexity index is 607. The minimum absolute atomic E-state index is 0.0755. The first-order valence-electron chi connectivity index (χ1n) is 6.93. The fraction of sp³-hybridized carbons (Fsp3) is 0.294. The predicted molar refractivity (Wildman–Crippen MR) is 76.9 cm³/mol. The monoisotopic (exact) mass is 273 g/mol. The Morgan fingerprint density at radius 1 is 1.05 bits per heavy atom. The number of anilines is 1. The normalized spacial score (nSPS) is 18.6. The summed E-state index contributed by atoms with van der Waals surface area (Å²) in [7, 11) is 0. The van der Waals surface area contributed by atoms with Crippen LogP contribution >= 0.6 is 0 Å². The van der Waals surface area contributed by atoms with Crippen LogP contribution in [0.2, 0.25) is 0 Å². The molecule has 2 aromatic carbocycles. The van der Waals surface area contributed by atoms with E-state index in [1.165, 1.54) is 23.8 Å². The van der Waals surface area contributed by atoms with Gasteiger partial charge in [0.25, 0.3) is 0 Å². The Labute approximate surface area is 117 Å². The molecule has 0 aliphatic carbocycles. The van der Waals surface area contributed by atoms with E-state index in [1.54, 1.807) is 0 Å². The third-order valence-electron chi connectivity index (χ3n) is 3.94. The van der Waals surface area contributed by atoms with Gasteiger partial charge in [-0.1, -0.05) is 17.7 Å². The third kappa shape index (κ3) is 2.40. The summed E-state index contributed by atoms with van der Waals surface area (Å²) >= 11 is 0. The molecule has 0 amide bonds. The highest BCUT2D eigenvalue weighted by Gasteiger charge is 2.28. The highest BCUT2D eigenvalue weighted by Crippen LogP contribution is 2.37. The zero-order valence-electron chi connectivity index (χ0n) is 11.4. The van der Waals surface area contributed by atoms with Gasteiger partial charge in [-0.2, -0.15) is 0 Å². The molecule has 1 heterocycles. The number of nitrogens with zero attached hydrogens (tertiary/aromatic N) is 1. The predicted octanol–water partition coefficient (Wildman–Crippen LogP) is 4.61. The number of hydrogen-bond donors (Lipinski definition) is 0. The van der Waals surface area contributed by atoms with Gasteiger partial charge in [-0.05, 0) is 50.1 Å². The van der Waals surface area contributed by atoms with Crippen LogP contribution in [-0.4, -0.2) is 6.54 Å². The zero-order valence-corrected chi connectivity index (χ0v) is 11.4. The van der Waals surface area contributed by atoms with Crippen LogP contribution in [0.15, 0.2) is 42.5 Å². The molecule has 20 heavy (non-hydrogen) atoms. The standard InChI is InChI=1S/C17H17F2N/c1-12-4-7-14(8-5-12)20-10-2-3-17(20)15-11-13(18)6-9-16(15)19/h4-9,11,17H,2-3,10H2,1H3. The van der Waals surface area contributed by atoms with Crippen LogP contribution in [0.4, 0.5) is 14.5 Å². The van der Waals surface area contributed by atoms with Crippen molar-refractivity contribution in [1.29, 1.82) is 0 Å². The van der Waals surface area contributed by atoms with Gasteiger partial charge in [-0.3, -0.25) is 0 Å². The van der Waals surface area contributed by atoms with Crippen molar-refractivity contribution in [2.24, 2.45) is 0 Å². The summed E-state index contributed by atoms with van der Waals surface area (Å²) in [6.07, 6.45) is 1.85. The number of halogens is 2. The molecule has 3 rings (SSSR count). The summed E-state index contributed by atoms with van der Waals surface area (Å²) in [6.45, 7) is 2.92. The van der Waals surface area contributed by atoms with Crippen LogP contribution in [-0.2, 0) is 0 Å². The van der Waals surface area contributed by atoms with Crippen LogP contribution in [0.1, 0.15) is 30.0 Å². The van der Waals surface area contributed by atoms with Crippen molar-refractivity contribution in [2.75, 3.05) is 11.4 Å². The fourth-order valence-corrected chi connectivity index (χ4v) is 2.91. The van der Waals surface area contributed by atoms with Crippen molar-refractivity contribution in [2.45, 2.75) is 25.8 Å². The maximum Gasteiger partial charge on any atom is 0.128 e. The molecular weight excluding hydrogens is 256 g/mol. The van der Waals surface area contributed by atoms with E-state index in [4.69, 9.17) is 0 Å². The van der Waals surface area contributed by atoms with Gasteiger partial charge in [0.05, 0.1) is 6.04 Å². The quantitative estimate of drug-likeness (QED) is 0.772. The summed E-state index contributed by atoms with van der Waals surface area (Å²) in [5, 5.41) is 0. The van der Waals surface area contributed by atoms with Crippen molar-refractivity contribution in [3.05, 3.63) is 65.2 Å². The van der Waals surface area contributed by atoms with E-state index in [9.17, 15) is 8.78 Å². The van der Waals surface area contributed by atoms with Crippen LogP contribution in [0, 0.1) is 18.6 Å². The lowest BCUT2D eigenvalue weighted by Crippen LogP contribution is -2.23. The Morgan fingerprint density at radius 3 is 2.55 bits per heavy atom. The highest BCUT2D eigenvalue weighted by atomic mass is 19.1. The van der Waals surface area contributed by atoms with Crippen molar-refractivity contribution in [3.63, 3.8) is 0 Å². The van der Waals surface area contributed by atoms with Gasteiger partial charge in [0, 0.05) is 17.8 Å². The molecule has 104 valence electrons. The average molecular weight is 273 g/mol. The van der Waals surface area contributed by atoms with E-state index in [2.05, 4.69) is 4.90 Å². The molecule has 0 bridgehead atoms. The maximum absolute atomic E-state index is 14.0. The number of aryl methyl sites for hydroxylation is 1. The number of hydrogen-bond acceptors (Lipinski definition) is 1. The first-order valence-corrected chi connectivity index (χ1v) is 6.93. The molecule has 0 aromatic heterocycles. The smallest absolute Gasteiger partial charge is 0.128 e. The lowest BCUT2D eigenvalue weighted by molar-refractivity contribution is 0.561.